The largest absolute Gasteiger partial charge is 0.317 e. The van der Waals surface area contributed by atoms with Gasteiger partial charge in [-0.15, -0.1) is 0 Å². The Kier molecular flexibility index (Phi) is 12.8. The van der Waals surface area contributed by atoms with E-state index in [0.717, 1.165) is 35.5 Å². The molecule has 0 saturated carbocycles. The van der Waals surface area contributed by atoms with Crippen LogP contribution in [0.15, 0.2) is 0 Å². The molecule has 3 rings (SSSR count). The van der Waals surface area contributed by atoms with Crippen molar-refractivity contribution in [2.75, 3.05) is 39.3 Å². The SMILES string of the molecule is CC(C)C1CCCNC1.CC(C)C1CCNC1.CC(C)C1CCNCC1. The van der Waals surface area contributed by atoms with E-state index in [1.54, 1.807) is 0 Å². The number of piperidine rings is 2. The molecule has 26 heavy (non-hydrogen) atoms. The zero-order valence-electron chi connectivity index (χ0n) is 18.7. The Bertz CT molecular complexity index is 287. The van der Waals surface area contributed by atoms with Crippen LogP contribution in [0.5, 0.6) is 0 Å². The maximum Gasteiger partial charge on any atom is -0.00176 e. The number of hydrogen-bond acceptors (Lipinski definition) is 3. The van der Waals surface area contributed by atoms with E-state index in [2.05, 4.69) is 57.5 Å². The Morgan fingerprint density at radius 2 is 0.923 bits per heavy atom. The normalized spacial score (nSPS) is 27.1. The van der Waals surface area contributed by atoms with Crippen LogP contribution in [0.2, 0.25) is 0 Å². The highest BCUT2D eigenvalue weighted by Crippen LogP contribution is 2.20. The Morgan fingerprint density at radius 1 is 0.500 bits per heavy atom. The van der Waals surface area contributed by atoms with Crippen LogP contribution in [0.3, 0.4) is 0 Å². The molecule has 3 nitrogen and oxygen atoms in total. The van der Waals surface area contributed by atoms with Crippen LogP contribution in [0.25, 0.3) is 0 Å². The van der Waals surface area contributed by atoms with Gasteiger partial charge in [0.05, 0.1) is 0 Å². The molecule has 0 bridgehead atoms. The van der Waals surface area contributed by atoms with Gasteiger partial charge in [0, 0.05) is 0 Å². The van der Waals surface area contributed by atoms with E-state index >= 15 is 0 Å². The third-order valence-electron chi connectivity index (χ3n) is 6.65. The summed E-state index contributed by atoms with van der Waals surface area (Å²) in [5, 5.41) is 10.1. The quantitative estimate of drug-likeness (QED) is 0.685. The topological polar surface area (TPSA) is 36.1 Å². The van der Waals surface area contributed by atoms with Crippen molar-refractivity contribution >= 4 is 0 Å². The molecule has 2 atom stereocenters. The molecule has 3 heterocycles. The lowest BCUT2D eigenvalue weighted by molar-refractivity contribution is 0.292. The molecule has 0 aromatic carbocycles. The van der Waals surface area contributed by atoms with E-state index in [0.29, 0.717) is 0 Å². The fourth-order valence-electron chi connectivity index (χ4n) is 4.20. The van der Waals surface area contributed by atoms with Crippen molar-refractivity contribution in [3.05, 3.63) is 0 Å². The average Bonchev–Trinajstić information content (AvgIpc) is 3.19. The molecule has 3 aliphatic rings. The monoisotopic (exact) mass is 367 g/mol. The van der Waals surface area contributed by atoms with E-state index in [1.807, 2.05) is 0 Å². The van der Waals surface area contributed by atoms with Crippen LogP contribution >= 0.6 is 0 Å². The Hall–Kier alpha value is -0.120. The van der Waals surface area contributed by atoms with Crippen molar-refractivity contribution in [3.8, 4) is 0 Å². The second-order valence-electron chi connectivity index (χ2n) is 9.68. The van der Waals surface area contributed by atoms with Gasteiger partial charge in [0.25, 0.3) is 0 Å². The molecule has 0 spiro atoms. The first kappa shape index (κ1) is 23.9. The highest BCUT2D eigenvalue weighted by atomic mass is 14.9. The van der Waals surface area contributed by atoms with Gasteiger partial charge in [0.15, 0.2) is 0 Å². The van der Waals surface area contributed by atoms with Crippen molar-refractivity contribution < 1.29 is 0 Å². The molecular formula is C23H49N3. The zero-order chi connectivity index (χ0) is 19.4. The first-order valence-electron chi connectivity index (χ1n) is 11.5. The number of hydrogen-bond donors (Lipinski definition) is 3. The van der Waals surface area contributed by atoms with Gasteiger partial charge in [-0.25, -0.2) is 0 Å². The highest BCUT2D eigenvalue weighted by molar-refractivity contribution is 4.73. The minimum atomic E-state index is 0.873. The molecule has 0 aliphatic carbocycles. The number of rotatable bonds is 3. The van der Waals surface area contributed by atoms with Crippen molar-refractivity contribution in [2.45, 2.75) is 73.6 Å². The summed E-state index contributed by atoms with van der Waals surface area (Å²) < 4.78 is 0. The summed E-state index contributed by atoms with van der Waals surface area (Å²) in [5.41, 5.74) is 0. The summed E-state index contributed by atoms with van der Waals surface area (Å²) in [6.07, 6.45) is 6.97. The predicted octanol–water partition coefficient (Wildman–Crippen LogP) is 4.54. The smallest absolute Gasteiger partial charge is 0.00176 e. The molecule has 0 aromatic rings. The van der Waals surface area contributed by atoms with Crippen LogP contribution in [0.1, 0.15) is 73.6 Å². The maximum absolute atomic E-state index is 3.42. The second-order valence-corrected chi connectivity index (χ2v) is 9.68. The lowest BCUT2D eigenvalue weighted by Gasteiger charge is -2.25. The van der Waals surface area contributed by atoms with E-state index in [4.69, 9.17) is 0 Å². The van der Waals surface area contributed by atoms with Crippen LogP contribution in [-0.4, -0.2) is 39.3 Å². The third-order valence-corrected chi connectivity index (χ3v) is 6.65. The third kappa shape index (κ3) is 10.3. The van der Waals surface area contributed by atoms with E-state index < -0.39 is 0 Å². The molecule has 0 radical (unpaired) electrons. The fraction of sp³-hybridized carbons (Fsp3) is 1.00. The summed E-state index contributed by atoms with van der Waals surface area (Å²) in [6.45, 7) is 21.4. The summed E-state index contributed by atoms with van der Waals surface area (Å²) in [7, 11) is 0. The van der Waals surface area contributed by atoms with Gasteiger partial charge in [-0.3, -0.25) is 0 Å². The molecule has 3 saturated heterocycles. The van der Waals surface area contributed by atoms with Crippen molar-refractivity contribution in [2.24, 2.45) is 35.5 Å². The van der Waals surface area contributed by atoms with Crippen molar-refractivity contribution in [1.29, 1.82) is 0 Å². The standard InChI is InChI=1S/2C8H17N.C7H15N/c1-7(2)8-3-5-9-6-4-8;1-7(2)8-4-3-5-9-6-8;1-6(2)7-3-4-8-5-7/h2*7-9H,3-6H2,1-2H3;6-8H,3-5H2,1-2H3. The highest BCUT2D eigenvalue weighted by Gasteiger charge is 2.17. The molecule has 3 fully saturated rings. The van der Waals surface area contributed by atoms with Crippen LogP contribution in [-0.2, 0) is 0 Å². The second kappa shape index (κ2) is 14.0. The van der Waals surface area contributed by atoms with Crippen molar-refractivity contribution in [1.82, 2.24) is 16.0 Å². The summed E-state index contributed by atoms with van der Waals surface area (Å²) >= 11 is 0. The van der Waals surface area contributed by atoms with Crippen LogP contribution in [0, 0.1) is 35.5 Å². The van der Waals surface area contributed by atoms with Crippen LogP contribution in [0.4, 0.5) is 0 Å². The minimum absolute atomic E-state index is 0.873. The minimum Gasteiger partial charge on any atom is -0.317 e. The van der Waals surface area contributed by atoms with E-state index in [-0.39, 0.29) is 0 Å². The number of nitrogens with one attached hydrogen (secondary N) is 3. The van der Waals surface area contributed by atoms with Gasteiger partial charge in [-0.2, -0.15) is 0 Å². The van der Waals surface area contributed by atoms with Gasteiger partial charge in [0.1, 0.15) is 0 Å². The molecule has 156 valence electrons. The molecule has 0 aromatic heterocycles. The molecule has 3 N–H and O–H groups in total. The van der Waals surface area contributed by atoms with Crippen LogP contribution < -0.4 is 16.0 Å². The lowest BCUT2D eigenvalue weighted by Crippen LogP contribution is -2.32. The lowest BCUT2D eigenvalue weighted by atomic mass is 9.87. The predicted molar refractivity (Wildman–Crippen MR) is 117 cm³/mol. The zero-order valence-corrected chi connectivity index (χ0v) is 18.7. The Labute approximate surface area is 164 Å². The Morgan fingerprint density at radius 3 is 1.23 bits per heavy atom. The summed E-state index contributed by atoms with van der Waals surface area (Å²) in [6, 6.07) is 0. The first-order chi connectivity index (χ1) is 12.4. The molecular weight excluding hydrogens is 318 g/mol. The molecule has 3 heteroatoms. The summed E-state index contributed by atoms with van der Waals surface area (Å²) in [4.78, 5) is 0. The van der Waals surface area contributed by atoms with Gasteiger partial charge < -0.3 is 16.0 Å². The van der Waals surface area contributed by atoms with Gasteiger partial charge in [-0.05, 0) is 107 Å². The van der Waals surface area contributed by atoms with Crippen molar-refractivity contribution in [3.63, 3.8) is 0 Å². The maximum atomic E-state index is 3.42. The van der Waals surface area contributed by atoms with Gasteiger partial charge in [0.2, 0.25) is 0 Å². The molecule has 2 unspecified atom stereocenters. The van der Waals surface area contributed by atoms with E-state index in [1.165, 1.54) is 71.4 Å². The Balaban J connectivity index is 0.000000195. The molecule has 3 aliphatic heterocycles. The van der Waals surface area contributed by atoms with Gasteiger partial charge in [-0.1, -0.05) is 41.5 Å². The summed E-state index contributed by atoms with van der Waals surface area (Å²) in [5.74, 6) is 5.54. The van der Waals surface area contributed by atoms with Gasteiger partial charge >= 0.3 is 0 Å². The fourth-order valence-corrected chi connectivity index (χ4v) is 4.20. The molecule has 0 amide bonds. The average molecular weight is 368 g/mol. The van der Waals surface area contributed by atoms with E-state index in [9.17, 15) is 0 Å². The first-order valence-corrected chi connectivity index (χ1v) is 11.5.